The zero-order chi connectivity index (χ0) is 22.8. The van der Waals surface area contributed by atoms with Crippen molar-refractivity contribution in [3.63, 3.8) is 0 Å². The van der Waals surface area contributed by atoms with Gasteiger partial charge in [0.15, 0.2) is 6.10 Å². The van der Waals surface area contributed by atoms with Gasteiger partial charge in [0.25, 0.3) is 5.91 Å². The highest BCUT2D eigenvalue weighted by atomic mass is 32.1. The van der Waals surface area contributed by atoms with Gasteiger partial charge in [0.05, 0.1) is 15.8 Å². The number of aromatic nitrogens is 1. The smallest absolute Gasteiger partial charge is 0.339 e. The van der Waals surface area contributed by atoms with Gasteiger partial charge in [-0.3, -0.25) is 4.79 Å². The van der Waals surface area contributed by atoms with E-state index in [1.807, 2.05) is 72.8 Å². The lowest BCUT2D eigenvalue weighted by atomic mass is 9.99. The summed E-state index contributed by atoms with van der Waals surface area (Å²) in [5.74, 6) is -0.939. The summed E-state index contributed by atoms with van der Waals surface area (Å²) in [7, 11) is 0. The monoisotopic (exact) mass is 452 g/mol. The molecule has 162 valence electrons. The highest BCUT2D eigenvalue weighted by molar-refractivity contribution is 7.21. The van der Waals surface area contributed by atoms with E-state index in [2.05, 4.69) is 5.32 Å². The van der Waals surface area contributed by atoms with E-state index in [4.69, 9.17) is 9.72 Å². The van der Waals surface area contributed by atoms with Crippen molar-refractivity contribution < 1.29 is 14.3 Å². The molecule has 6 heteroatoms. The summed E-state index contributed by atoms with van der Waals surface area (Å²) in [6, 6.07) is 28.4. The van der Waals surface area contributed by atoms with Crippen molar-refractivity contribution in [2.24, 2.45) is 0 Å². The average Bonchev–Trinajstić information content (AvgIpc) is 3.28. The molecule has 0 aliphatic heterocycles. The summed E-state index contributed by atoms with van der Waals surface area (Å²) in [5.41, 5.74) is 2.83. The molecule has 0 spiro atoms. The van der Waals surface area contributed by atoms with E-state index < -0.39 is 12.1 Å². The standard InChI is InChI=1S/C27H20N2O3S/c1-17(25(30)28-19-11-3-2-4-12-19)32-27(31)21-14-8-10-18-9-7-13-20(24(18)21)26-29-22-15-5-6-16-23(22)33-26/h2-17H,1H3,(H,28,30). The van der Waals surface area contributed by atoms with Crippen LogP contribution in [0.25, 0.3) is 31.6 Å². The molecule has 5 nitrogen and oxygen atoms in total. The first-order valence-electron chi connectivity index (χ1n) is 10.5. The Balaban J connectivity index is 1.48. The van der Waals surface area contributed by atoms with Gasteiger partial charge in [-0.05, 0) is 42.6 Å². The Labute approximate surface area is 194 Å². The summed E-state index contributed by atoms with van der Waals surface area (Å²) >= 11 is 1.58. The number of hydrogen-bond donors (Lipinski definition) is 1. The van der Waals surface area contributed by atoms with Crippen LogP contribution < -0.4 is 5.32 Å². The number of hydrogen-bond acceptors (Lipinski definition) is 5. The topological polar surface area (TPSA) is 68.3 Å². The number of benzene rings is 4. The van der Waals surface area contributed by atoms with E-state index >= 15 is 0 Å². The number of thiazole rings is 1. The second-order valence-electron chi connectivity index (χ2n) is 7.60. The molecule has 5 aromatic rings. The molecule has 0 saturated carbocycles. The summed E-state index contributed by atoms with van der Waals surface area (Å²) in [5, 5.41) is 5.26. The predicted molar refractivity (Wildman–Crippen MR) is 133 cm³/mol. The second kappa shape index (κ2) is 8.84. The number of carbonyl (C=O) groups excluding carboxylic acids is 2. The Morgan fingerprint density at radius 1 is 0.879 bits per heavy atom. The third-order valence-corrected chi connectivity index (χ3v) is 6.41. The van der Waals surface area contributed by atoms with E-state index in [-0.39, 0.29) is 5.91 Å². The fourth-order valence-corrected chi connectivity index (χ4v) is 4.72. The maximum Gasteiger partial charge on any atom is 0.339 e. The molecule has 1 atom stereocenters. The Kier molecular flexibility index (Phi) is 5.59. The number of para-hydroxylation sites is 2. The molecule has 1 aromatic heterocycles. The van der Waals surface area contributed by atoms with E-state index in [9.17, 15) is 9.59 Å². The Morgan fingerprint density at radius 3 is 2.39 bits per heavy atom. The van der Waals surface area contributed by atoms with Crippen molar-refractivity contribution >= 4 is 49.9 Å². The lowest BCUT2D eigenvalue weighted by Crippen LogP contribution is -2.30. The van der Waals surface area contributed by atoms with Gasteiger partial charge in [-0.15, -0.1) is 11.3 Å². The van der Waals surface area contributed by atoms with Crippen LogP contribution in [0.4, 0.5) is 5.69 Å². The van der Waals surface area contributed by atoms with Crippen LogP contribution in [0, 0.1) is 0 Å². The van der Waals surface area contributed by atoms with Gasteiger partial charge < -0.3 is 10.1 Å². The minimum Gasteiger partial charge on any atom is -0.449 e. The van der Waals surface area contributed by atoms with Crippen molar-refractivity contribution in [1.82, 2.24) is 4.98 Å². The van der Waals surface area contributed by atoms with Gasteiger partial charge in [-0.1, -0.05) is 60.7 Å². The van der Waals surface area contributed by atoms with Gasteiger partial charge >= 0.3 is 5.97 Å². The molecule has 1 unspecified atom stereocenters. The minimum absolute atomic E-state index is 0.388. The van der Waals surface area contributed by atoms with Crippen LogP contribution in [0.15, 0.2) is 91.0 Å². The second-order valence-corrected chi connectivity index (χ2v) is 8.63. The normalized spacial score (nSPS) is 11.9. The van der Waals surface area contributed by atoms with Crippen LogP contribution in [0.2, 0.25) is 0 Å². The van der Waals surface area contributed by atoms with E-state index in [0.717, 1.165) is 31.6 Å². The first-order chi connectivity index (χ1) is 16.1. The third-order valence-electron chi connectivity index (χ3n) is 5.34. The molecular weight excluding hydrogens is 432 g/mol. The predicted octanol–water partition coefficient (Wildman–Crippen LogP) is 6.30. The van der Waals surface area contributed by atoms with E-state index in [1.165, 1.54) is 0 Å². The van der Waals surface area contributed by atoms with Gasteiger partial charge in [0, 0.05) is 16.6 Å². The first-order valence-corrected chi connectivity index (χ1v) is 11.4. The van der Waals surface area contributed by atoms with E-state index in [1.54, 1.807) is 36.5 Å². The first kappa shape index (κ1) is 20.8. The number of nitrogens with one attached hydrogen (secondary N) is 1. The molecule has 0 aliphatic rings. The third kappa shape index (κ3) is 4.21. The number of carbonyl (C=O) groups is 2. The van der Waals surface area contributed by atoms with Gasteiger partial charge in [-0.25, -0.2) is 9.78 Å². The number of nitrogens with zero attached hydrogens (tertiary/aromatic N) is 1. The maximum absolute atomic E-state index is 13.2. The van der Waals surface area contributed by atoms with Gasteiger partial charge in [-0.2, -0.15) is 0 Å². The number of anilines is 1. The van der Waals surface area contributed by atoms with Crippen molar-refractivity contribution in [2.45, 2.75) is 13.0 Å². The fraction of sp³-hybridized carbons (Fsp3) is 0.0741. The summed E-state index contributed by atoms with van der Waals surface area (Å²) in [6.45, 7) is 1.57. The molecule has 0 radical (unpaired) electrons. The molecule has 33 heavy (non-hydrogen) atoms. The van der Waals surface area contributed by atoms with Crippen LogP contribution in [0.1, 0.15) is 17.3 Å². The Morgan fingerprint density at radius 2 is 1.61 bits per heavy atom. The van der Waals surface area contributed by atoms with Crippen LogP contribution in [0.5, 0.6) is 0 Å². The molecule has 1 heterocycles. The molecule has 1 amide bonds. The highest BCUT2D eigenvalue weighted by Crippen LogP contribution is 2.36. The van der Waals surface area contributed by atoms with Gasteiger partial charge in [0.2, 0.25) is 0 Å². The summed E-state index contributed by atoms with van der Waals surface area (Å²) < 4.78 is 6.64. The Hall–Kier alpha value is -4.03. The lowest BCUT2D eigenvalue weighted by molar-refractivity contribution is -0.123. The highest BCUT2D eigenvalue weighted by Gasteiger charge is 2.22. The fourth-order valence-electron chi connectivity index (χ4n) is 3.72. The number of ether oxygens (including phenoxy) is 1. The Bertz CT molecular complexity index is 1440. The molecule has 0 saturated heterocycles. The number of esters is 1. The van der Waals surface area contributed by atoms with Crippen molar-refractivity contribution in [3.8, 4) is 10.6 Å². The molecule has 5 rings (SSSR count). The number of rotatable bonds is 5. The van der Waals surface area contributed by atoms with Crippen molar-refractivity contribution in [2.75, 3.05) is 5.32 Å². The molecule has 0 bridgehead atoms. The zero-order valence-corrected chi connectivity index (χ0v) is 18.6. The van der Waals surface area contributed by atoms with Crippen LogP contribution in [0.3, 0.4) is 0 Å². The lowest BCUT2D eigenvalue weighted by Gasteiger charge is -2.15. The average molecular weight is 453 g/mol. The quantitative estimate of drug-likeness (QED) is 0.318. The molecule has 1 N–H and O–H groups in total. The SMILES string of the molecule is CC(OC(=O)c1cccc2cccc(-c3nc4ccccc4s3)c12)C(=O)Nc1ccccc1. The summed E-state index contributed by atoms with van der Waals surface area (Å²) in [6.07, 6.45) is -0.956. The number of fused-ring (bicyclic) bond motifs is 2. The van der Waals surface area contributed by atoms with Crippen LogP contribution >= 0.6 is 11.3 Å². The molecule has 0 aliphatic carbocycles. The number of amides is 1. The minimum atomic E-state index is -0.956. The zero-order valence-electron chi connectivity index (χ0n) is 17.8. The largest absolute Gasteiger partial charge is 0.449 e. The van der Waals surface area contributed by atoms with Gasteiger partial charge in [0.1, 0.15) is 5.01 Å². The van der Waals surface area contributed by atoms with Crippen molar-refractivity contribution in [3.05, 3.63) is 96.6 Å². The maximum atomic E-state index is 13.2. The van der Waals surface area contributed by atoms with Crippen LogP contribution in [-0.2, 0) is 9.53 Å². The molecular formula is C27H20N2O3S. The van der Waals surface area contributed by atoms with Crippen LogP contribution in [-0.4, -0.2) is 23.0 Å². The molecule has 4 aromatic carbocycles. The summed E-state index contributed by atoms with van der Waals surface area (Å²) in [4.78, 5) is 30.5. The molecule has 0 fully saturated rings. The van der Waals surface area contributed by atoms with Crippen molar-refractivity contribution in [1.29, 1.82) is 0 Å². The van der Waals surface area contributed by atoms with E-state index in [0.29, 0.717) is 11.3 Å².